The van der Waals surface area contributed by atoms with Crippen LogP contribution in [0.2, 0.25) is 0 Å². The summed E-state index contributed by atoms with van der Waals surface area (Å²) in [6, 6.07) is 3.29. The lowest BCUT2D eigenvalue weighted by molar-refractivity contribution is 0.166. The van der Waals surface area contributed by atoms with Crippen molar-refractivity contribution in [1.29, 1.82) is 0 Å². The summed E-state index contributed by atoms with van der Waals surface area (Å²) < 4.78 is 18.5. The fourth-order valence-electron chi connectivity index (χ4n) is 2.32. The monoisotopic (exact) mass is 292 g/mol. The second kappa shape index (κ2) is 6.95. The molecule has 1 aromatic carbocycles. The molecule has 1 unspecified atom stereocenters. The molecule has 1 fully saturated rings. The van der Waals surface area contributed by atoms with E-state index >= 15 is 0 Å². The van der Waals surface area contributed by atoms with Gasteiger partial charge in [-0.1, -0.05) is 5.92 Å². The number of carbonyl (C=O) groups excluding carboxylic acids is 1. The lowest BCUT2D eigenvalue weighted by Gasteiger charge is -2.23. The first kappa shape index (κ1) is 15.1. The van der Waals surface area contributed by atoms with Crippen molar-refractivity contribution in [2.45, 2.75) is 18.9 Å². The van der Waals surface area contributed by atoms with E-state index in [2.05, 4.69) is 11.2 Å². The highest BCUT2D eigenvalue weighted by Crippen LogP contribution is 2.27. The Morgan fingerprint density at radius 2 is 2.43 bits per heavy atom. The molecular formula is C15H17FN2O3. The third-order valence-electron chi connectivity index (χ3n) is 3.35. The van der Waals surface area contributed by atoms with E-state index in [9.17, 15) is 14.3 Å². The molecule has 0 bridgehead atoms. The van der Waals surface area contributed by atoms with Crippen molar-refractivity contribution in [2.75, 3.05) is 25.1 Å². The van der Waals surface area contributed by atoms with Crippen molar-refractivity contribution in [3.05, 3.63) is 24.0 Å². The van der Waals surface area contributed by atoms with Crippen LogP contribution in [0.15, 0.2) is 18.2 Å². The minimum atomic E-state index is -0.477. The summed E-state index contributed by atoms with van der Waals surface area (Å²) in [7, 11) is 0. The molecule has 112 valence electrons. The third-order valence-corrected chi connectivity index (χ3v) is 3.35. The smallest absolute Gasteiger partial charge is 0.322 e. The minimum absolute atomic E-state index is 0.0185. The van der Waals surface area contributed by atoms with E-state index < -0.39 is 5.82 Å². The molecule has 1 saturated heterocycles. The Morgan fingerprint density at radius 1 is 1.62 bits per heavy atom. The standard InChI is InChI=1S/C15H17FN2O3/c1-2-8-21-14-9-11(16)5-6-13(14)17-15(20)18-7-3-4-12(18)10-19/h1,5-6,9,12,19H,3-4,7-8,10H2,(H,17,20). The van der Waals surface area contributed by atoms with Crippen LogP contribution in [0.3, 0.4) is 0 Å². The molecule has 6 heteroatoms. The highest BCUT2D eigenvalue weighted by molar-refractivity contribution is 5.91. The van der Waals surface area contributed by atoms with Gasteiger partial charge < -0.3 is 20.1 Å². The average molecular weight is 292 g/mol. The zero-order valence-electron chi connectivity index (χ0n) is 11.5. The maximum Gasteiger partial charge on any atom is 0.322 e. The number of likely N-dealkylation sites (tertiary alicyclic amines) is 1. The quantitative estimate of drug-likeness (QED) is 0.832. The molecular weight excluding hydrogens is 275 g/mol. The maximum absolute atomic E-state index is 13.2. The second-order valence-corrected chi connectivity index (χ2v) is 4.74. The average Bonchev–Trinajstić information content (AvgIpc) is 2.96. The van der Waals surface area contributed by atoms with Crippen molar-refractivity contribution in [3.63, 3.8) is 0 Å². The van der Waals surface area contributed by atoms with E-state index in [0.717, 1.165) is 12.8 Å². The predicted octanol–water partition coefficient (Wildman–Crippen LogP) is 1.83. The number of aliphatic hydroxyl groups is 1. The van der Waals surface area contributed by atoms with E-state index in [4.69, 9.17) is 11.2 Å². The zero-order valence-corrected chi connectivity index (χ0v) is 11.5. The second-order valence-electron chi connectivity index (χ2n) is 4.74. The van der Waals surface area contributed by atoms with Gasteiger partial charge in [-0.05, 0) is 25.0 Å². The molecule has 0 aliphatic carbocycles. The third kappa shape index (κ3) is 3.64. The molecule has 2 N–H and O–H groups in total. The number of carbonyl (C=O) groups is 1. The lowest BCUT2D eigenvalue weighted by atomic mass is 10.2. The van der Waals surface area contributed by atoms with Crippen molar-refractivity contribution in [3.8, 4) is 18.1 Å². The summed E-state index contributed by atoms with van der Waals surface area (Å²) in [5.41, 5.74) is 0.347. The molecule has 5 nitrogen and oxygen atoms in total. The van der Waals surface area contributed by atoms with E-state index in [1.165, 1.54) is 18.2 Å². The van der Waals surface area contributed by atoms with Crippen LogP contribution in [0.25, 0.3) is 0 Å². The summed E-state index contributed by atoms with van der Waals surface area (Å²) in [4.78, 5) is 13.8. The molecule has 0 radical (unpaired) electrons. The molecule has 0 saturated carbocycles. The van der Waals surface area contributed by atoms with Crippen LogP contribution in [0.1, 0.15) is 12.8 Å². The van der Waals surface area contributed by atoms with Gasteiger partial charge in [-0.15, -0.1) is 6.42 Å². The Balaban J connectivity index is 2.11. The Labute approximate surface area is 122 Å². The number of rotatable bonds is 4. The van der Waals surface area contributed by atoms with E-state index in [1.54, 1.807) is 4.90 Å². The molecule has 0 aromatic heterocycles. The molecule has 2 rings (SSSR count). The van der Waals surface area contributed by atoms with Gasteiger partial charge in [0, 0.05) is 12.6 Å². The largest absolute Gasteiger partial charge is 0.479 e. The fourth-order valence-corrected chi connectivity index (χ4v) is 2.32. The van der Waals surface area contributed by atoms with E-state index in [1.807, 2.05) is 0 Å². The normalized spacial score (nSPS) is 17.4. The first-order valence-electron chi connectivity index (χ1n) is 6.70. The number of nitrogens with one attached hydrogen (secondary N) is 1. The van der Waals surface area contributed by atoms with Gasteiger partial charge in [-0.3, -0.25) is 0 Å². The van der Waals surface area contributed by atoms with Gasteiger partial charge in [-0.25, -0.2) is 9.18 Å². The van der Waals surface area contributed by atoms with Crippen molar-refractivity contribution in [1.82, 2.24) is 4.90 Å². The van der Waals surface area contributed by atoms with Gasteiger partial charge in [0.25, 0.3) is 0 Å². The van der Waals surface area contributed by atoms with Gasteiger partial charge in [0.15, 0.2) is 0 Å². The van der Waals surface area contributed by atoms with Crippen LogP contribution in [0.4, 0.5) is 14.9 Å². The molecule has 2 amide bonds. The number of benzene rings is 1. The van der Waals surface area contributed by atoms with Crippen LogP contribution in [0.5, 0.6) is 5.75 Å². The molecule has 1 heterocycles. The number of amides is 2. The Bertz CT molecular complexity index is 556. The number of nitrogens with zero attached hydrogens (tertiary/aromatic N) is 1. The number of halogens is 1. The van der Waals surface area contributed by atoms with Crippen LogP contribution < -0.4 is 10.1 Å². The molecule has 0 spiro atoms. The number of ether oxygens (including phenoxy) is 1. The number of hydrogen-bond acceptors (Lipinski definition) is 3. The minimum Gasteiger partial charge on any atom is -0.479 e. The van der Waals surface area contributed by atoms with Crippen LogP contribution in [0, 0.1) is 18.2 Å². The summed E-state index contributed by atoms with van der Waals surface area (Å²) in [6.45, 7) is 0.491. The number of terminal acetylenes is 1. The molecule has 1 aliphatic rings. The number of anilines is 1. The van der Waals surface area contributed by atoms with Crippen LogP contribution >= 0.6 is 0 Å². The van der Waals surface area contributed by atoms with Crippen LogP contribution in [-0.4, -0.2) is 41.8 Å². The fraction of sp³-hybridized carbons (Fsp3) is 0.400. The molecule has 1 aliphatic heterocycles. The number of hydrogen-bond donors (Lipinski definition) is 2. The number of aliphatic hydroxyl groups excluding tert-OH is 1. The molecule has 1 aromatic rings. The first-order chi connectivity index (χ1) is 10.2. The topological polar surface area (TPSA) is 61.8 Å². The summed E-state index contributed by atoms with van der Waals surface area (Å²) in [5.74, 6) is 1.99. The van der Waals surface area contributed by atoms with Gasteiger partial charge in [0.05, 0.1) is 18.3 Å². The number of urea groups is 1. The van der Waals surface area contributed by atoms with Gasteiger partial charge in [0.2, 0.25) is 0 Å². The summed E-state index contributed by atoms with van der Waals surface area (Å²) >= 11 is 0. The van der Waals surface area contributed by atoms with Crippen molar-refractivity contribution in [2.24, 2.45) is 0 Å². The van der Waals surface area contributed by atoms with Gasteiger partial charge in [0.1, 0.15) is 18.2 Å². The SMILES string of the molecule is C#CCOc1cc(F)ccc1NC(=O)N1CCCC1CO. The Kier molecular flexibility index (Phi) is 5.01. The van der Waals surface area contributed by atoms with E-state index in [0.29, 0.717) is 12.2 Å². The first-order valence-corrected chi connectivity index (χ1v) is 6.70. The highest BCUT2D eigenvalue weighted by atomic mass is 19.1. The molecule has 21 heavy (non-hydrogen) atoms. The van der Waals surface area contributed by atoms with Gasteiger partial charge in [-0.2, -0.15) is 0 Å². The van der Waals surface area contributed by atoms with Gasteiger partial charge >= 0.3 is 6.03 Å². The molecule has 1 atom stereocenters. The van der Waals surface area contributed by atoms with E-state index in [-0.39, 0.29) is 31.0 Å². The Morgan fingerprint density at radius 3 is 3.14 bits per heavy atom. The Hall–Kier alpha value is -2.26. The predicted molar refractivity (Wildman–Crippen MR) is 76.6 cm³/mol. The van der Waals surface area contributed by atoms with Crippen molar-refractivity contribution < 1.29 is 19.0 Å². The van der Waals surface area contributed by atoms with Crippen LogP contribution in [-0.2, 0) is 0 Å². The summed E-state index contributed by atoms with van der Waals surface area (Å²) in [6.07, 6.45) is 6.73. The highest BCUT2D eigenvalue weighted by Gasteiger charge is 2.28. The summed E-state index contributed by atoms with van der Waals surface area (Å²) in [5, 5.41) is 11.9. The lowest BCUT2D eigenvalue weighted by Crippen LogP contribution is -2.40. The maximum atomic E-state index is 13.2. The van der Waals surface area contributed by atoms with Crippen molar-refractivity contribution >= 4 is 11.7 Å². The zero-order chi connectivity index (χ0) is 15.2.